The summed E-state index contributed by atoms with van der Waals surface area (Å²) in [5.74, 6) is -0.439. The van der Waals surface area contributed by atoms with Gasteiger partial charge in [-0.1, -0.05) is 0 Å². The SMILES string of the molecule is O=C(NNc1ccc(OCC(F)(F)F)cc1)C1(O)CCCC1. The van der Waals surface area contributed by atoms with Gasteiger partial charge in [0.2, 0.25) is 0 Å². The molecule has 22 heavy (non-hydrogen) atoms. The highest BCUT2D eigenvalue weighted by Gasteiger charge is 2.38. The molecular formula is C14H17F3N2O3. The average Bonchev–Trinajstić information content (AvgIpc) is 2.91. The van der Waals surface area contributed by atoms with Crippen molar-refractivity contribution in [1.29, 1.82) is 0 Å². The van der Waals surface area contributed by atoms with Crippen LogP contribution in [0.5, 0.6) is 5.75 Å². The fourth-order valence-electron chi connectivity index (χ4n) is 2.23. The van der Waals surface area contributed by atoms with E-state index >= 15 is 0 Å². The molecule has 122 valence electrons. The number of ether oxygens (including phenoxy) is 1. The maximum Gasteiger partial charge on any atom is 0.422 e. The van der Waals surface area contributed by atoms with Gasteiger partial charge in [-0.15, -0.1) is 0 Å². The Hall–Kier alpha value is -1.96. The molecule has 1 aliphatic carbocycles. The van der Waals surface area contributed by atoms with Gasteiger partial charge in [0, 0.05) is 0 Å². The van der Waals surface area contributed by atoms with Crippen LogP contribution in [0.4, 0.5) is 18.9 Å². The van der Waals surface area contributed by atoms with Gasteiger partial charge in [-0.05, 0) is 49.9 Å². The number of hydrogen-bond donors (Lipinski definition) is 3. The highest BCUT2D eigenvalue weighted by Crippen LogP contribution is 2.29. The van der Waals surface area contributed by atoms with E-state index < -0.39 is 24.3 Å². The highest BCUT2D eigenvalue weighted by molar-refractivity contribution is 5.86. The fourth-order valence-corrected chi connectivity index (χ4v) is 2.23. The molecule has 1 aromatic rings. The second-order valence-electron chi connectivity index (χ2n) is 5.25. The van der Waals surface area contributed by atoms with Crippen molar-refractivity contribution in [2.75, 3.05) is 12.0 Å². The van der Waals surface area contributed by atoms with Crippen LogP contribution in [-0.4, -0.2) is 29.4 Å². The summed E-state index contributed by atoms with van der Waals surface area (Å²) in [5.41, 5.74) is 4.13. The van der Waals surface area contributed by atoms with E-state index in [1.165, 1.54) is 24.3 Å². The number of amides is 1. The zero-order valence-corrected chi connectivity index (χ0v) is 11.7. The lowest BCUT2D eigenvalue weighted by molar-refractivity contribution is -0.153. The molecule has 0 aliphatic heterocycles. The Bertz CT molecular complexity index is 511. The lowest BCUT2D eigenvalue weighted by Crippen LogP contribution is -2.46. The quantitative estimate of drug-likeness (QED) is 0.729. The molecule has 0 atom stereocenters. The molecule has 5 nitrogen and oxygen atoms in total. The summed E-state index contributed by atoms with van der Waals surface area (Å²) in [6.45, 7) is -1.36. The summed E-state index contributed by atoms with van der Waals surface area (Å²) in [4.78, 5) is 11.8. The van der Waals surface area contributed by atoms with E-state index in [1.807, 2.05) is 0 Å². The predicted molar refractivity (Wildman–Crippen MR) is 73.2 cm³/mol. The van der Waals surface area contributed by atoms with Crippen LogP contribution in [0.2, 0.25) is 0 Å². The molecule has 1 fully saturated rings. The molecule has 1 aromatic carbocycles. The smallest absolute Gasteiger partial charge is 0.422 e. The number of hydrazine groups is 1. The van der Waals surface area contributed by atoms with Crippen LogP contribution >= 0.6 is 0 Å². The molecule has 0 saturated heterocycles. The minimum Gasteiger partial charge on any atom is -0.484 e. The molecule has 0 heterocycles. The number of benzene rings is 1. The Morgan fingerprint density at radius 2 is 1.82 bits per heavy atom. The molecule has 0 radical (unpaired) electrons. The van der Waals surface area contributed by atoms with Crippen LogP contribution in [0.3, 0.4) is 0 Å². The number of anilines is 1. The number of carbonyl (C=O) groups is 1. The largest absolute Gasteiger partial charge is 0.484 e. The third-order valence-corrected chi connectivity index (χ3v) is 3.43. The Labute approximate surface area is 125 Å². The molecule has 0 spiro atoms. The van der Waals surface area contributed by atoms with E-state index in [1.54, 1.807) is 0 Å². The van der Waals surface area contributed by atoms with Gasteiger partial charge in [0.05, 0.1) is 5.69 Å². The van der Waals surface area contributed by atoms with Gasteiger partial charge < -0.3 is 9.84 Å². The molecule has 8 heteroatoms. The number of aliphatic hydroxyl groups is 1. The number of alkyl halides is 3. The van der Waals surface area contributed by atoms with E-state index in [-0.39, 0.29) is 5.75 Å². The van der Waals surface area contributed by atoms with Crippen LogP contribution in [0.25, 0.3) is 0 Å². The Balaban J connectivity index is 1.82. The average molecular weight is 318 g/mol. The van der Waals surface area contributed by atoms with Crippen LogP contribution in [0.15, 0.2) is 24.3 Å². The Morgan fingerprint density at radius 3 is 2.36 bits per heavy atom. The van der Waals surface area contributed by atoms with Gasteiger partial charge in [0.25, 0.3) is 5.91 Å². The topological polar surface area (TPSA) is 70.6 Å². The predicted octanol–water partition coefficient (Wildman–Crippen LogP) is 2.38. The zero-order chi connectivity index (χ0) is 16.2. The first-order chi connectivity index (χ1) is 10.3. The molecule has 1 aliphatic rings. The molecular weight excluding hydrogens is 301 g/mol. The summed E-state index contributed by atoms with van der Waals surface area (Å²) in [5, 5.41) is 10.0. The van der Waals surface area contributed by atoms with Gasteiger partial charge in [0.1, 0.15) is 11.4 Å². The molecule has 0 bridgehead atoms. The lowest BCUT2D eigenvalue weighted by Gasteiger charge is -2.21. The van der Waals surface area contributed by atoms with Gasteiger partial charge in [-0.25, -0.2) is 0 Å². The number of halogens is 3. The van der Waals surface area contributed by atoms with Crippen LogP contribution in [-0.2, 0) is 4.79 Å². The van der Waals surface area contributed by atoms with Crippen molar-refractivity contribution in [2.45, 2.75) is 37.5 Å². The maximum atomic E-state index is 12.0. The first-order valence-corrected chi connectivity index (χ1v) is 6.87. The maximum absolute atomic E-state index is 12.0. The Kier molecular flexibility index (Phi) is 4.80. The fraction of sp³-hybridized carbons (Fsp3) is 0.500. The molecule has 3 N–H and O–H groups in total. The number of hydrogen-bond acceptors (Lipinski definition) is 4. The summed E-state index contributed by atoms with van der Waals surface area (Å²) in [7, 11) is 0. The number of carbonyl (C=O) groups excluding carboxylic acids is 1. The van der Waals surface area contributed by atoms with Crippen molar-refractivity contribution >= 4 is 11.6 Å². The number of nitrogens with one attached hydrogen (secondary N) is 2. The van der Waals surface area contributed by atoms with E-state index in [4.69, 9.17) is 0 Å². The summed E-state index contributed by atoms with van der Waals surface area (Å²) < 4.78 is 40.6. The lowest BCUT2D eigenvalue weighted by atomic mass is 10.0. The van der Waals surface area contributed by atoms with E-state index in [2.05, 4.69) is 15.6 Å². The van der Waals surface area contributed by atoms with Crippen LogP contribution in [0, 0.1) is 0 Å². The van der Waals surface area contributed by atoms with Gasteiger partial charge in [0.15, 0.2) is 6.61 Å². The second kappa shape index (κ2) is 6.43. The first-order valence-electron chi connectivity index (χ1n) is 6.87. The molecule has 1 amide bonds. The second-order valence-corrected chi connectivity index (χ2v) is 5.25. The minimum atomic E-state index is -4.39. The third-order valence-electron chi connectivity index (χ3n) is 3.43. The highest BCUT2D eigenvalue weighted by atomic mass is 19.4. The van der Waals surface area contributed by atoms with E-state index in [0.717, 1.165) is 12.8 Å². The minimum absolute atomic E-state index is 0.0728. The van der Waals surface area contributed by atoms with Crippen LogP contribution in [0.1, 0.15) is 25.7 Å². The standard InChI is InChI=1S/C14H17F3N2O3/c15-14(16,17)9-22-11-5-3-10(4-6-11)18-19-12(20)13(21)7-1-2-8-13/h3-6,18,21H,1-2,7-9H2,(H,19,20). The van der Waals surface area contributed by atoms with Crippen molar-refractivity contribution in [3.05, 3.63) is 24.3 Å². The molecule has 0 unspecified atom stereocenters. The van der Waals surface area contributed by atoms with Crippen molar-refractivity contribution < 1.29 is 27.8 Å². The number of rotatable bonds is 5. The van der Waals surface area contributed by atoms with E-state index in [9.17, 15) is 23.1 Å². The van der Waals surface area contributed by atoms with Gasteiger partial charge in [-0.2, -0.15) is 13.2 Å². The Morgan fingerprint density at radius 1 is 1.23 bits per heavy atom. The summed E-state index contributed by atoms with van der Waals surface area (Å²) in [6.07, 6.45) is -1.94. The molecule has 1 saturated carbocycles. The monoisotopic (exact) mass is 318 g/mol. The van der Waals surface area contributed by atoms with E-state index in [0.29, 0.717) is 18.5 Å². The summed E-state index contributed by atoms with van der Waals surface area (Å²) in [6, 6.07) is 5.63. The van der Waals surface area contributed by atoms with Crippen molar-refractivity contribution in [2.24, 2.45) is 0 Å². The van der Waals surface area contributed by atoms with Gasteiger partial charge >= 0.3 is 6.18 Å². The molecule has 0 aromatic heterocycles. The van der Waals surface area contributed by atoms with Crippen LogP contribution < -0.4 is 15.6 Å². The molecule has 2 rings (SSSR count). The van der Waals surface area contributed by atoms with Crippen molar-refractivity contribution in [1.82, 2.24) is 5.43 Å². The van der Waals surface area contributed by atoms with Crippen molar-refractivity contribution in [3.63, 3.8) is 0 Å². The third kappa shape index (κ3) is 4.52. The zero-order valence-electron chi connectivity index (χ0n) is 11.7. The van der Waals surface area contributed by atoms with Crippen molar-refractivity contribution in [3.8, 4) is 5.75 Å². The van der Waals surface area contributed by atoms with Gasteiger partial charge in [-0.3, -0.25) is 15.6 Å². The summed E-state index contributed by atoms with van der Waals surface area (Å²) >= 11 is 0. The normalized spacial score (nSPS) is 17.1. The first kappa shape index (κ1) is 16.4.